The molecule has 0 radical (unpaired) electrons. The molecule has 0 atom stereocenters. The SMILES string of the molecule is CNc1nc2c(-c3ccccc3)cccc2cc1C(C)C. The smallest absolute Gasteiger partial charge is 0.129 e. The molecule has 2 heteroatoms. The molecule has 0 amide bonds. The second-order valence-electron chi connectivity index (χ2n) is 5.57. The van der Waals surface area contributed by atoms with Crippen molar-refractivity contribution in [1.29, 1.82) is 0 Å². The molecule has 1 heterocycles. The summed E-state index contributed by atoms with van der Waals surface area (Å²) < 4.78 is 0. The molecule has 0 saturated heterocycles. The van der Waals surface area contributed by atoms with Gasteiger partial charge in [-0.2, -0.15) is 0 Å². The summed E-state index contributed by atoms with van der Waals surface area (Å²) >= 11 is 0. The first-order valence-corrected chi connectivity index (χ1v) is 7.37. The highest BCUT2D eigenvalue weighted by molar-refractivity contribution is 5.95. The Balaban J connectivity index is 2.29. The molecular weight excluding hydrogens is 256 g/mol. The van der Waals surface area contributed by atoms with Crippen LogP contribution in [0.2, 0.25) is 0 Å². The molecule has 0 fully saturated rings. The normalized spacial score (nSPS) is 11.0. The molecule has 2 aromatic carbocycles. The van der Waals surface area contributed by atoms with Crippen LogP contribution in [-0.4, -0.2) is 12.0 Å². The highest BCUT2D eigenvalue weighted by atomic mass is 15.0. The van der Waals surface area contributed by atoms with Gasteiger partial charge in [0.25, 0.3) is 0 Å². The lowest BCUT2D eigenvalue weighted by atomic mass is 9.98. The van der Waals surface area contributed by atoms with Crippen LogP contribution in [0, 0.1) is 0 Å². The van der Waals surface area contributed by atoms with Gasteiger partial charge in [-0.05, 0) is 23.1 Å². The van der Waals surface area contributed by atoms with E-state index in [1.54, 1.807) is 0 Å². The number of fused-ring (bicyclic) bond motifs is 1. The fourth-order valence-electron chi connectivity index (χ4n) is 2.71. The van der Waals surface area contributed by atoms with Gasteiger partial charge in [-0.3, -0.25) is 0 Å². The molecule has 0 aliphatic carbocycles. The van der Waals surface area contributed by atoms with Crippen molar-refractivity contribution in [2.75, 3.05) is 12.4 Å². The number of para-hydroxylation sites is 1. The first-order chi connectivity index (χ1) is 10.2. The molecule has 1 N–H and O–H groups in total. The zero-order valence-electron chi connectivity index (χ0n) is 12.7. The Morgan fingerprint density at radius 2 is 1.71 bits per heavy atom. The first-order valence-electron chi connectivity index (χ1n) is 7.37. The van der Waals surface area contributed by atoms with Crippen LogP contribution in [0.15, 0.2) is 54.6 Å². The highest BCUT2D eigenvalue weighted by Crippen LogP contribution is 2.32. The molecule has 0 spiro atoms. The van der Waals surface area contributed by atoms with Gasteiger partial charge in [0.1, 0.15) is 5.82 Å². The lowest BCUT2D eigenvalue weighted by molar-refractivity contribution is 0.864. The zero-order valence-corrected chi connectivity index (χ0v) is 12.7. The van der Waals surface area contributed by atoms with Crippen LogP contribution in [0.3, 0.4) is 0 Å². The minimum atomic E-state index is 0.449. The third-order valence-corrected chi connectivity index (χ3v) is 3.82. The van der Waals surface area contributed by atoms with E-state index in [2.05, 4.69) is 67.7 Å². The molecule has 0 aliphatic rings. The minimum absolute atomic E-state index is 0.449. The predicted octanol–water partition coefficient (Wildman–Crippen LogP) is 5.07. The lowest BCUT2D eigenvalue weighted by Gasteiger charge is -2.14. The Kier molecular flexibility index (Phi) is 3.61. The van der Waals surface area contributed by atoms with Gasteiger partial charge in [0.05, 0.1) is 5.52 Å². The van der Waals surface area contributed by atoms with Gasteiger partial charge in [-0.25, -0.2) is 4.98 Å². The number of nitrogens with zero attached hydrogens (tertiary/aromatic N) is 1. The van der Waals surface area contributed by atoms with E-state index >= 15 is 0 Å². The van der Waals surface area contributed by atoms with E-state index in [4.69, 9.17) is 4.98 Å². The largest absolute Gasteiger partial charge is 0.373 e. The molecule has 0 aliphatic heterocycles. The van der Waals surface area contributed by atoms with Crippen LogP contribution in [0.1, 0.15) is 25.3 Å². The summed E-state index contributed by atoms with van der Waals surface area (Å²) in [6.45, 7) is 4.40. The van der Waals surface area contributed by atoms with Gasteiger partial charge in [0.15, 0.2) is 0 Å². The van der Waals surface area contributed by atoms with Crippen molar-refractivity contribution in [1.82, 2.24) is 4.98 Å². The van der Waals surface area contributed by atoms with Gasteiger partial charge in [0.2, 0.25) is 0 Å². The number of nitrogens with one attached hydrogen (secondary N) is 1. The summed E-state index contributed by atoms with van der Waals surface area (Å²) in [5.41, 5.74) is 4.70. The zero-order chi connectivity index (χ0) is 14.8. The average molecular weight is 276 g/mol. The van der Waals surface area contributed by atoms with Crippen LogP contribution < -0.4 is 5.32 Å². The summed E-state index contributed by atoms with van der Waals surface area (Å²) in [5.74, 6) is 1.42. The molecule has 106 valence electrons. The second-order valence-corrected chi connectivity index (χ2v) is 5.57. The molecule has 3 aromatic rings. The van der Waals surface area contributed by atoms with Crippen molar-refractivity contribution in [3.63, 3.8) is 0 Å². The van der Waals surface area contributed by atoms with E-state index in [1.807, 2.05) is 13.1 Å². The number of benzene rings is 2. The lowest BCUT2D eigenvalue weighted by Crippen LogP contribution is -2.01. The molecular formula is C19H20N2. The second kappa shape index (κ2) is 5.57. The van der Waals surface area contributed by atoms with E-state index in [9.17, 15) is 0 Å². The highest BCUT2D eigenvalue weighted by Gasteiger charge is 2.12. The van der Waals surface area contributed by atoms with Crippen LogP contribution in [0.4, 0.5) is 5.82 Å². The maximum Gasteiger partial charge on any atom is 0.129 e. The maximum absolute atomic E-state index is 4.88. The monoisotopic (exact) mass is 276 g/mol. The number of rotatable bonds is 3. The molecule has 0 unspecified atom stereocenters. The number of aromatic nitrogens is 1. The Bertz CT molecular complexity index is 761. The average Bonchev–Trinajstić information content (AvgIpc) is 2.53. The molecule has 3 rings (SSSR count). The molecule has 2 nitrogen and oxygen atoms in total. The Hall–Kier alpha value is -2.35. The van der Waals surface area contributed by atoms with Crippen molar-refractivity contribution < 1.29 is 0 Å². The third-order valence-electron chi connectivity index (χ3n) is 3.82. The van der Waals surface area contributed by atoms with E-state index in [0.717, 1.165) is 11.3 Å². The quantitative estimate of drug-likeness (QED) is 0.722. The summed E-state index contributed by atoms with van der Waals surface area (Å²) in [6, 6.07) is 19.1. The fraction of sp³-hybridized carbons (Fsp3) is 0.211. The van der Waals surface area contributed by atoms with Crippen LogP contribution in [0.5, 0.6) is 0 Å². The first kappa shape index (κ1) is 13.6. The predicted molar refractivity (Wildman–Crippen MR) is 90.8 cm³/mol. The summed E-state index contributed by atoms with van der Waals surface area (Å²) in [4.78, 5) is 4.88. The van der Waals surface area contributed by atoms with Gasteiger partial charge in [-0.1, -0.05) is 62.4 Å². The summed E-state index contributed by atoms with van der Waals surface area (Å²) in [5, 5.41) is 4.43. The van der Waals surface area contributed by atoms with Crippen molar-refractivity contribution in [2.24, 2.45) is 0 Å². The van der Waals surface area contributed by atoms with Crippen LogP contribution in [-0.2, 0) is 0 Å². The summed E-state index contributed by atoms with van der Waals surface area (Å²) in [6.07, 6.45) is 0. The minimum Gasteiger partial charge on any atom is -0.373 e. The topological polar surface area (TPSA) is 24.9 Å². The van der Waals surface area contributed by atoms with Crippen molar-refractivity contribution in [3.8, 4) is 11.1 Å². The van der Waals surface area contributed by atoms with Gasteiger partial charge in [0, 0.05) is 18.0 Å². The number of pyridine rings is 1. The Morgan fingerprint density at radius 1 is 0.952 bits per heavy atom. The number of anilines is 1. The van der Waals surface area contributed by atoms with Crippen LogP contribution >= 0.6 is 0 Å². The maximum atomic E-state index is 4.88. The van der Waals surface area contributed by atoms with Gasteiger partial charge in [-0.15, -0.1) is 0 Å². The molecule has 0 saturated carbocycles. The number of hydrogen-bond donors (Lipinski definition) is 1. The third kappa shape index (κ3) is 2.49. The molecule has 1 aromatic heterocycles. The van der Waals surface area contributed by atoms with Crippen LogP contribution in [0.25, 0.3) is 22.0 Å². The number of hydrogen-bond acceptors (Lipinski definition) is 2. The van der Waals surface area contributed by atoms with Gasteiger partial charge < -0.3 is 5.32 Å². The van der Waals surface area contributed by atoms with E-state index in [1.165, 1.54) is 22.1 Å². The standard InChI is InChI=1S/C19H20N2/c1-13(2)17-12-15-10-7-11-16(14-8-5-4-6-9-14)18(15)21-19(17)20-3/h4-13H,1-3H3,(H,20,21). The summed E-state index contributed by atoms with van der Waals surface area (Å²) in [7, 11) is 1.94. The van der Waals surface area contributed by atoms with E-state index < -0.39 is 0 Å². The van der Waals surface area contributed by atoms with E-state index in [0.29, 0.717) is 5.92 Å². The van der Waals surface area contributed by atoms with Gasteiger partial charge >= 0.3 is 0 Å². The van der Waals surface area contributed by atoms with E-state index in [-0.39, 0.29) is 0 Å². The van der Waals surface area contributed by atoms with Crippen molar-refractivity contribution in [3.05, 3.63) is 60.2 Å². The molecule has 21 heavy (non-hydrogen) atoms. The van der Waals surface area contributed by atoms with Crippen molar-refractivity contribution in [2.45, 2.75) is 19.8 Å². The molecule has 0 bridgehead atoms. The fourth-order valence-corrected chi connectivity index (χ4v) is 2.71. The Morgan fingerprint density at radius 3 is 2.38 bits per heavy atom. The van der Waals surface area contributed by atoms with Crippen molar-refractivity contribution >= 4 is 16.7 Å². The Labute approximate surface area is 125 Å².